The summed E-state index contributed by atoms with van der Waals surface area (Å²) in [5.74, 6) is 1.95. The van der Waals surface area contributed by atoms with E-state index in [-0.39, 0.29) is 5.91 Å². The molecule has 0 aliphatic carbocycles. The number of anilines is 1. The highest BCUT2D eigenvalue weighted by Gasteiger charge is 2.44. The first-order valence-electron chi connectivity index (χ1n) is 11.0. The number of carbonyl (C=O) groups excluding carboxylic acids is 1. The molecule has 0 spiro atoms. The second-order valence-electron chi connectivity index (χ2n) is 8.40. The fourth-order valence-corrected chi connectivity index (χ4v) is 5.44. The molecule has 0 bridgehead atoms. The molecule has 8 nitrogen and oxygen atoms in total. The molecule has 2 N–H and O–H groups in total. The van der Waals surface area contributed by atoms with Crippen molar-refractivity contribution in [1.29, 1.82) is 0 Å². The third-order valence-electron chi connectivity index (χ3n) is 6.78. The van der Waals surface area contributed by atoms with E-state index in [9.17, 15) is 4.79 Å². The van der Waals surface area contributed by atoms with Crippen LogP contribution in [0.15, 0.2) is 41.3 Å². The molecule has 32 heavy (non-hydrogen) atoms. The van der Waals surface area contributed by atoms with Gasteiger partial charge >= 0.3 is 0 Å². The second kappa shape index (κ2) is 8.71. The van der Waals surface area contributed by atoms with Crippen molar-refractivity contribution >= 4 is 38.7 Å². The maximum atomic E-state index is 13.9. The molecule has 9 heteroatoms. The van der Waals surface area contributed by atoms with Crippen LogP contribution in [0.2, 0.25) is 0 Å². The molecule has 2 aliphatic rings. The Kier molecular flexibility index (Phi) is 5.77. The van der Waals surface area contributed by atoms with Gasteiger partial charge in [-0.3, -0.25) is 4.79 Å². The number of fused-ring (bicyclic) bond motifs is 1. The molecule has 4 heterocycles. The van der Waals surface area contributed by atoms with Gasteiger partial charge in [0.15, 0.2) is 0 Å². The Labute approximate surface area is 195 Å². The third kappa shape index (κ3) is 3.63. The summed E-state index contributed by atoms with van der Waals surface area (Å²) in [6.07, 6.45) is 5.09. The van der Waals surface area contributed by atoms with Gasteiger partial charge < -0.3 is 24.8 Å². The molecule has 168 valence electrons. The average Bonchev–Trinajstić information content (AvgIpc) is 3.25. The molecule has 1 aromatic carbocycles. The Hall–Kier alpha value is -2.65. The van der Waals surface area contributed by atoms with E-state index in [0.717, 1.165) is 71.7 Å². The van der Waals surface area contributed by atoms with E-state index in [4.69, 9.17) is 4.74 Å². The first kappa shape index (κ1) is 21.2. The maximum absolute atomic E-state index is 13.9. The minimum absolute atomic E-state index is 0.236. The topological polar surface area (TPSA) is 86.4 Å². The number of hydrogen-bond acceptors (Lipinski definition) is 6. The fraction of sp³-hybridized carbons (Fsp3) is 0.435. The minimum atomic E-state index is -0.481. The van der Waals surface area contributed by atoms with Crippen molar-refractivity contribution in [2.45, 2.75) is 18.3 Å². The zero-order valence-corrected chi connectivity index (χ0v) is 19.7. The molecule has 2 aliphatic heterocycles. The van der Waals surface area contributed by atoms with Crippen LogP contribution in [-0.4, -0.2) is 72.1 Å². The van der Waals surface area contributed by atoms with E-state index < -0.39 is 5.41 Å². The summed E-state index contributed by atoms with van der Waals surface area (Å²) >= 11 is 3.60. The van der Waals surface area contributed by atoms with E-state index in [1.807, 2.05) is 23.2 Å². The number of aromatic nitrogens is 3. The van der Waals surface area contributed by atoms with Crippen molar-refractivity contribution in [3.63, 3.8) is 0 Å². The predicted octanol–water partition coefficient (Wildman–Crippen LogP) is 2.70. The molecular formula is C23H27BrN6O2. The SMILES string of the molecule is COc1ccc(C2(C(=O)N3CCN(c4ncnc5[nH]cc(Br)c45)CC3)CCNCC2)cc1. The van der Waals surface area contributed by atoms with Gasteiger partial charge in [-0.05, 0) is 59.6 Å². The molecule has 1 amide bonds. The highest BCUT2D eigenvalue weighted by molar-refractivity contribution is 9.10. The third-order valence-corrected chi connectivity index (χ3v) is 7.40. The summed E-state index contributed by atoms with van der Waals surface area (Å²) in [6.45, 7) is 4.53. The molecule has 5 rings (SSSR count). The van der Waals surface area contributed by atoms with Crippen molar-refractivity contribution < 1.29 is 9.53 Å². The number of hydrogen-bond donors (Lipinski definition) is 2. The van der Waals surface area contributed by atoms with Crippen molar-refractivity contribution in [3.05, 3.63) is 46.8 Å². The highest BCUT2D eigenvalue weighted by Crippen LogP contribution is 2.37. The second-order valence-corrected chi connectivity index (χ2v) is 9.25. The molecule has 3 aromatic rings. The lowest BCUT2D eigenvalue weighted by molar-refractivity contribution is -0.139. The summed E-state index contributed by atoms with van der Waals surface area (Å²) in [7, 11) is 1.66. The lowest BCUT2D eigenvalue weighted by Crippen LogP contribution is -2.57. The van der Waals surface area contributed by atoms with E-state index in [1.54, 1.807) is 13.4 Å². The number of benzene rings is 1. The van der Waals surface area contributed by atoms with Crippen LogP contribution < -0.4 is 15.0 Å². The molecule has 0 atom stereocenters. The normalized spacial score (nSPS) is 18.7. The van der Waals surface area contributed by atoms with Gasteiger partial charge in [0, 0.05) is 36.8 Å². The van der Waals surface area contributed by atoms with Crippen molar-refractivity contribution in [3.8, 4) is 5.75 Å². The van der Waals surface area contributed by atoms with Crippen LogP contribution in [0.5, 0.6) is 5.75 Å². The van der Waals surface area contributed by atoms with Crippen molar-refractivity contribution in [2.75, 3.05) is 51.3 Å². The van der Waals surface area contributed by atoms with Gasteiger partial charge in [-0.15, -0.1) is 0 Å². The molecule has 0 unspecified atom stereocenters. The van der Waals surface area contributed by atoms with Crippen LogP contribution in [0.25, 0.3) is 11.0 Å². The zero-order valence-electron chi connectivity index (χ0n) is 18.1. The number of piperidine rings is 1. The molecule has 2 saturated heterocycles. The van der Waals surface area contributed by atoms with Crippen LogP contribution in [0.1, 0.15) is 18.4 Å². The van der Waals surface area contributed by atoms with Gasteiger partial charge in [-0.2, -0.15) is 0 Å². The molecule has 0 radical (unpaired) electrons. The first-order valence-corrected chi connectivity index (χ1v) is 11.8. The van der Waals surface area contributed by atoms with Gasteiger partial charge in [-0.25, -0.2) is 9.97 Å². The smallest absolute Gasteiger partial charge is 0.233 e. The standard InChI is InChI=1S/C23H27BrN6O2/c1-32-17-4-2-16(3-5-17)23(6-8-25-9-7-23)22(31)30-12-10-29(11-13-30)21-19-18(24)14-26-20(19)27-15-28-21/h2-5,14-15,25H,6-13H2,1H3,(H,26,27,28). The van der Waals surface area contributed by atoms with Gasteiger partial charge in [0.2, 0.25) is 5.91 Å². The lowest BCUT2D eigenvalue weighted by atomic mass is 9.72. The van der Waals surface area contributed by atoms with Crippen LogP contribution in [0.3, 0.4) is 0 Å². The zero-order chi connectivity index (χ0) is 22.1. The molecular weight excluding hydrogens is 472 g/mol. The van der Waals surface area contributed by atoms with Crippen LogP contribution in [0.4, 0.5) is 5.82 Å². The van der Waals surface area contributed by atoms with E-state index in [1.165, 1.54) is 0 Å². The monoisotopic (exact) mass is 498 g/mol. The van der Waals surface area contributed by atoms with Crippen molar-refractivity contribution in [1.82, 2.24) is 25.2 Å². The Morgan fingerprint density at radius 1 is 1.09 bits per heavy atom. The number of nitrogens with one attached hydrogen (secondary N) is 2. The fourth-order valence-electron chi connectivity index (χ4n) is 4.96. The number of methoxy groups -OCH3 is 1. The molecule has 2 fully saturated rings. The number of aromatic amines is 1. The van der Waals surface area contributed by atoms with Gasteiger partial charge in [0.1, 0.15) is 23.5 Å². The Morgan fingerprint density at radius 2 is 1.81 bits per heavy atom. The van der Waals surface area contributed by atoms with Gasteiger partial charge in [0.05, 0.1) is 17.9 Å². The molecule has 0 saturated carbocycles. The lowest BCUT2D eigenvalue weighted by Gasteiger charge is -2.43. The van der Waals surface area contributed by atoms with Crippen LogP contribution in [-0.2, 0) is 10.2 Å². The van der Waals surface area contributed by atoms with Gasteiger partial charge in [-0.1, -0.05) is 12.1 Å². The average molecular weight is 499 g/mol. The number of amides is 1. The number of piperazine rings is 1. The summed E-state index contributed by atoms with van der Waals surface area (Å²) < 4.78 is 6.28. The number of halogens is 1. The largest absolute Gasteiger partial charge is 0.497 e. The number of nitrogens with zero attached hydrogens (tertiary/aromatic N) is 4. The number of carbonyl (C=O) groups is 1. The summed E-state index contributed by atoms with van der Waals surface area (Å²) in [5.41, 5.74) is 1.42. The quantitative estimate of drug-likeness (QED) is 0.575. The Bertz CT molecular complexity index is 1100. The Balaban J connectivity index is 1.36. The summed E-state index contributed by atoms with van der Waals surface area (Å²) in [6, 6.07) is 8.03. The minimum Gasteiger partial charge on any atom is -0.497 e. The van der Waals surface area contributed by atoms with E-state index >= 15 is 0 Å². The summed E-state index contributed by atoms with van der Waals surface area (Å²) in [4.78, 5) is 30.2. The number of ether oxygens (including phenoxy) is 1. The van der Waals surface area contributed by atoms with Gasteiger partial charge in [0.25, 0.3) is 0 Å². The molecule has 2 aromatic heterocycles. The van der Waals surface area contributed by atoms with Crippen LogP contribution in [0, 0.1) is 0 Å². The number of H-pyrrole nitrogens is 1. The van der Waals surface area contributed by atoms with E-state index in [0.29, 0.717) is 13.1 Å². The number of rotatable bonds is 4. The Morgan fingerprint density at radius 3 is 2.50 bits per heavy atom. The van der Waals surface area contributed by atoms with E-state index in [2.05, 4.69) is 53.2 Å². The van der Waals surface area contributed by atoms with Crippen LogP contribution >= 0.6 is 15.9 Å². The maximum Gasteiger partial charge on any atom is 0.233 e. The predicted molar refractivity (Wildman–Crippen MR) is 127 cm³/mol. The highest BCUT2D eigenvalue weighted by atomic mass is 79.9. The summed E-state index contributed by atoms with van der Waals surface area (Å²) in [5, 5.41) is 4.40. The first-order chi connectivity index (χ1) is 15.6. The van der Waals surface area contributed by atoms with Crippen molar-refractivity contribution in [2.24, 2.45) is 0 Å².